The Morgan fingerprint density at radius 2 is 1.67 bits per heavy atom. The lowest BCUT2D eigenvalue weighted by molar-refractivity contribution is -0.145. The van der Waals surface area contributed by atoms with Gasteiger partial charge in [-0.3, -0.25) is 4.90 Å². The molecular formula is C17H14F6N4O3. The second-order valence-electron chi connectivity index (χ2n) is 6.27. The zero-order chi connectivity index (χ0) is 22.1. The molecule has 1 aliphatic rings. The number of hydrogen-bond acceptors (Lipinski definition) is 5. The zero-order valence-corrected chi connectivity index (χ0v) is 15.0. The number of nitrogens with one attached hydrogen (secondary N) is 1. The average molecular weight is 436 g/mol. The first kappa shape index (κ1) is 21.6. The van der Waals surface area contributed by atoms with Crippen LogP contribution in [0.5, 0.6) is 5.75 Å². The lowest BCUT2D eigenvalue weighted by Gasteiger charge is -2.19. The summed E-state index contributed by atoms with van der Waals surface area (Å²) in [5.74, 6) is -0.260. The van der Waals surface area contributed by atoms with Crippen molar-refractivity contribution in [2.75, 3.05) is 18.1 Å². The molecule has 2 aromatic rings. The van der Waals surface area contributed by atoms with Crippen molar-refractivity contribution in [3.8, 4) is 5.75 Å². The molecular weight excluding hydrogens is 422 g/mol. The Hall–Kier alpha value is -3.09. The van der Waals surface area contributed by atoms with Crippen LogP contribution in [-0.4, -0.2) is 40.3 Å². The monoisotopic (exact) mass is 436 g/mol. The second kappa shape index (κ2) is 7.97. The van der Waals surface area contributed by atoms with Gasteiger partial charge in [-0.2, -0.15) is 26.3 Å². The number of halogens is 6. The highest BCUT2D eigenvalue weighted by atomic mass is 19.4. The van der Waals surface area contributed by atoms with E-state index in [1.165, 1.54) is 0 Å². The molecule has 0 radical (unpaired) electrons. The highest BCUT2D eigenvalue weighted by Crippen LogP contribution is 2.39. The number of anilines is 1. The molecule has 162 valence electrons. The number of aliphatic hydroxyl groups excluding tert-OH is 1. The van der Waals surface area contributed by atoms with Gasteiger partial charge < -0.3 is 15.2 Å². The molecule has 1 atom stereocenters. The van der Waals surface area contributed by atoms with Crippen molar-refractivity contribution in [1.29, 1.82) is 0 Å². The van der Waals surface area contributed by atoms with Gasteiger partial charge in [0, 0.05) is 5.56 Å². The summed E-state index contributed by atoms with van der Waals surface area (Å²) in [6.07, 6.45) is -7.98. The van der Waals surface area contributed by atoms with E-state index in [2.05, 4.69) is 15.3 Å². The molecule has 0 saturated carbocycles. The fourth-order valence-electron chi connectivity index (χ4n) is 2.83. The quantitative estimate of drug-likeness (QED) is 0.704. The molecule has 1 fully saturated rings. The van der Waals surface area contributed by atoms with Crippen LogP contribution in [0.4, 0.5) is 37.1 Å². The van der Waals surface area contributed by atoms with Crippen LogP contribution in [0.3, 0.4) is 0 Å². The molecule has 0 unspecified atom stereocenters. The minimum Gasteiger partial charge on any atom is -0.486 e. The molecule has 1 aromatic heterocycles. The first-order valence-corrected chi connectivity index (χ1v) is 8.40. The number of hydrogen-bond donors (Lipinski definition) is 2. The van der Waals surface area contributed by atoms with Crippen LogP contribution in [-0.2, 0) is 19.0 Å². The van der Waals surface area contributed by atoms with Crippen molar-refractivity contribution in [1.82, 2.24) is 15.3 Å². The van der Waals surface area contributed by atoms with Gasteiger partial charge in [-0.25, -0.2) is 14.8 Å². The molecule has 2 heterocycles. The number of ether oxygens (including phenoxy) is 1. The normalized spacial score (nSPS) is 17.2. The number of urea groups is 1. The van der Waals surface area contributed by atoms with E-state index in [0.29, 0.717) is 18.2 Å². The number of aromatic nitrogens is 2. The summed E-state index contributed by atoms with van der Waals surface area (Å²) in [4.78, 5) is 20.6. The maximum absolute atomic E-state index is 13.2. The molecule has 0 bridgehead atoms. The Kier molecular flexibility index (Phi) is 5.74. The average Bonchev–Trinajstić information content (AvgIpc) is 3.06. The number of carbonyl (C=O) groups excluding carboxylic acids is 1. The zero-order valence-electron chi connectivity index (χ0n) is 15.0. The number of amides is 2. The summed E-state index contributed by atoms with van der Waals surface area (Å²) < 4.78 is 84.0. The van der Waals surface area contributed by atoms with Crippen LogP contribution < -0.4 is 15.0 Å². The number of nitrogens with zero attached hydrogens (tertiary/aromatic N) is 3. The smallest absolute Gasteiger partial charge is 0.416 e. The molecule has 1 aliphatic heterocycles. The van der Waals surface area contributed by atoms with Gasteiger partial charge in [-0.15, -0.1) is 0 Å². The van der Waals surface area contributed by atoms with Crippen molar-refractivity contribution in [2.24, 2.45) is 0 Å². The predicted octanol–water partition coefficient (Wildman–Crippen LogP) is 2.98. The number of aliphatic hydroxyl groups is 1. The van der Waals surface area contributed by atoms with Crippen molar-refractivity contribution in [3.05, 3.63) is 47.3 Å². The Labute approximate surface area is 165 Å². The van der Waals surface area contributed by atoms with E-state index in [4.69, 9.17) is 9.84 Å². The van der Waals surface area contributed by atoms with Gasteiger partial charge >= 0.3 is 18.4 Å². The van der Waals surface area contributed by atoms with Crippen LogP contribution in [0.25, 0.3) is 0 Å². The van der Waals surface area contributed by atoms with E-state index in [1.54, 1.807) is 0 Å². The molecule has 1 aromatic carbocycles. The Balaban J connectivity index is 1.80. The van der Waals surface area contributed by atoms with Crippen molar-refractivity contribution < 1.29 is 41.0 Å². The van der Waals surface area contributed by atoms with Gasteiger partial charge in [0.2, 0.25) is 5.95 Å². The maximum Gasteiger partial charge on any atom is 0.416 e. The van der Waals surface area contributed by atoms with E-state index in [0.717, 1.165) is 17.3 Å². The Bertz CT molecular complexity index is 885. The van der Waals surface area contributed by atoms with Gasteiger partial charge in [0.25, 0.3) is 0 Å². The van der Waals surface area contributed by atoms with Crippen molar-refractivity contribution >= 4 is 12.0 Å². The Morgan fingerprint density at radius 3 is 2.13 bits per heavy atom. The first-order valence-electron chi connectivity index (χ1n) is 8.40. The van der Waals surface area contributed by atoms with Gasteiger partial charge in [0.05, 0.1) is 42.7 Å². The predicted molar refractivity (Wildman–Crippen MR) is 89.6 cm³/mol. The van der Waals surface area contributed by atoms with Crippen LogP contribution in [0.2, 0.25) is 0 Å². The van der Waals surface area contributed by atoms with E-state index in [9.17, 15) is 31.1 Å². The summed E-state index contributed by atoms with van der Waals surface area (Å²) in [6, 6.07) is 0.676. The number of benzene rings is 1. The third kappa shape index (κ3) is 4.56. The maximum atomic E-state index is 13.2. The molecule has 13 heteroatoms. The largest absolute Gasteiger partial charge is 0.486 e. The number of carbonyl (C=O) groups is 1. The highest BCUT2D eigenvalue weighted by molar-refractivity contribution is 5.92. The summed E-state index contributed by atoms with van der Waals surface area (Å²) in [5.41, 5.74) is -3.98. The lowest BCUT2D eigenvalue weighted by Crippen LogP contribution is -2.30. The molecule has 2 amide bonds. The molecule has 1 saturated heterocycles. The standard InChI is InChI=1S/C17H14F6N4O3/c18-16(19,20)12-2-1-3-13(17(21,22)23)11(12)8-30-10-4-24-14(25-5-10)27-6-9(7-28)26-15(27)29/h1-5,9,28H,6-8H2,(H,26,29)/t9-/m0/s1. The van der Waals surface area contributed by atoms with Gasteiger partial charge in [0.15, 0.2) is 5.75 Å². The van der Waals surface area contributed by atoms with Crippen LogP contribution in [0.1, 0.15) is 16.7 Å². The van der Waals surface area contributed by atoms with E-state index >= 15 is 0 Å². The SMILES string of the molecule is O=C1N[C@H](CO)CN1c1ncc(OCc2c(C(F)(F)F)cccc2C(F)(F)F)cn1. The summed E-state index contributed by atoms with van der Waals surface area (Å²) in [7, 11) is 0. The van der Waals surface area contributed by atoms with E-state index in [1.807, 2.05) is 0 Å². The second-order valence-corrected chi connectivity index (χ2v) is 6.27. The third-order valence-electron chi connectivity index (χ3n) is 4.22. The van der Waals surface area contributed by atoms with Gasteiger partial charge in [-0.1, -0.05) is 6.07 Å². The summed E-state index contributed by atoms with van der Waals surface area (Å²) in [6.45, 7) is -1.24. The Morgan fingerprint density at radius 1 is 1.10 bits per heavy atom. The van der Waals surface area contributed by atoms with Gasteiger partial charge in [-0.05, 0) is 12.1 Å². The lowest BCUT2D eigenvalue weighted by atomic mass is 10.0. The number of alkyl halides is 6. The molecule has 30 heavy (non-hydrogen) atoms. The topological polar surface area (TPSA) is 87.6 Å². The fraction of sp³-hybridized carbons (Fsp3) is 0.353. The van der Waals surface area contributed by atoms with Crippen molar-refractivity contribution in [3.63, 3.8) is 0 Å². The summed E-state index contributed by atoms with van der Waals surface area (Å²) in [5, 5.41) is 11.5. The fourth-order valence-corrected chi connectivity index (χ4v) is 2.83. The highest BCUT2D eigenvalue weighted by Gasteiger charge is 2.40. The third-order valence-corrected chi connectivity index (χ3v) is 4.22. The van der Waals surface area contributed by atoms with Crippen LogP contribution in [0.15, 0.2) is 30.6 Å². The minimum atomic E-state index is -5.01. The first-order chi connectivity index (χ1) is 14.0. The van der Waals surface area contributed by atoms with Crippen LogP contribution >= 0.6 is 0 Å². The minimum absolute atomic E-state index is 0.0672. The number of rotatable bonds is 5. The molecule has 0 spiro atoms. The molecule has 0 aliphatic carbocycles. The molecule has 3 rings (SSSR count). The molecule has 7 nitrogen and oxygen atoms in total. The summed E-state index contributed by atoms with van der Waals surface area (Å²) >= 11 is 0. The van der Waals surface area contributed by atoms with Gasteiger partial charge in [0.1, 0.15) is 6.61 Å². The van der Waals surface area contributed by atoms with E-state index < -0.39 is 47.7 Å². The van der Waals surface area contributed by atoms with Crippen LogP contribution in [0, 0.1) is 0 Å². The van der Waals surface area contributed by atoms with Crippen molar-refractivity contribution in [2.45, 2.75) is 25.0 Å². The van der Waals surface area contributed by atoms with E-state index in [-0.39, 0.29) is 24.8 Å². The molecule has 2 N–H and O–H groups in total.